The third-order valence-corrected chi connectivity index (χ3v) is 3.18. The normalized spacial score (nSPS) is 20.4. The van der Waals surface area contributed by atoms with Crippen molar-refractivity contribution in [3.8, 4) is 0 Å². The molecule has 1 atom stereocenters. The number of piperidine rings is 1. The SMILES string of the molecule is CCCCCCC(C)OC1CCNCC1. The zero-order valence-electron chi connectivity index (χ0n) is 10.4. The molecule has 1 fully saturated rings. The zero-order chi connectivity index (χ0) is 10.9. The van der Waals surface area contributed by atoms with Crippen LogP contribution in [0.4, 0.5) is 0 Å². The molecule has 1 unspecified atom stereocenters. The minimum absolute atomic E-state index is 0.463. The van der Waals surface area contributed by atoms with E-state index in [1.54, 1.807) is 0 Å². The predicted molar refractivity (Wildman–Crippen MR) is 65.2 cm³/mol. The molecule has 2 heteroatoms. The first-order chi connectivity index (χ1) is 7.33. The maximum atomic E-state index is 6.03. The summed E-state index contributed by atoms with van der Waals surface area (Å²) in [7, 11) is 0. The lowest BCUT2D eigenvalue weighted by atomic mass is 10.1. The monoisotopic (exact) mass is 213 g/mol. The van der Waals surface area contributed by atoms with Crippen molar-refractivity contribution in [2.24, 2.45) is 0 Å². The molecule has 0 radical (unpaired) electrons. The highest BCUT2D eigenvalue weighted by Crippen LogP contribution is 2.14. The van der Waals surface area contributed by atoms with Gasteiger partial charge in [0.05, 0.1) is 12.2 Å². The Balaban J connectivity index is 1.98. The van der Waals surface area contributed by atoms with E-state index in [0.717, 1.165) is 13.1 Å². The highest BCUT2D eigenvalue weighted by atomic mass is 16.5. The third-order valence-electron chi connectivity index (χ3n) is 3.18. The number of unbranched alkanes of at least 4 members (excludes halogenated alkanes) is 3. The van der Waals surface area contributed by atoms with E-state index >= 15 is 0 Å². The summed E-state index contributed by atoms with van der Waals surface area (Å²) in [6.07, 6.45) is 10.0. The highest BCUT2D eigenvalue weighted by molar-refractivity contribution is 4.69. The summed E-state index contributed by atoms with van der Waals surface area (Å²) in [6.45, 7) is 6.75. The average Bonchev–Trinajstić information content (AvgIpc) is 2.26. The van der Waals surface area contributed by atoms with E-state index < -0.39 is 0 Å². The lowest BCUT2D eigenvalue weighted by Crippen LogP contribution is -2.34. The molecule has 0 aromatic carbocycles. The van der Waals surface area contributed by atoms with Crippen LogP contribution in [-0.4, -0.2) is 25.3 Å². The van der Waals surface area contributed by atoms with Gasteiger partial charge in [-0.1, -0.05) is 32.6 Å². The molecule has 0 amide bonds. The molecular formula is C13H27NO. The summed E-state index contributed by atoms with van der Waals surface area (Å²) >= 11 is 0. The Kier molecular flexibility index (Phi) is 7.03. The van der Waals surface area contributed by atoms with Gasteiger partial charge in [0, 0.05) is 0 Å². The second-order valence-corrected chi connectivity index (χ2v) is 4.75. The molecule has 0 aromatic heterocycles. The smallest absolute Gasteiger partial charge is 0.0603 e. The van der Waals surface area contributed by atoms with Gasteiger partial charge in [0.25, 0.3) is 0 Å². The molecule has 1 saturated heterocycles. The van der Waals surface area contributed by atoms with Crippen molar-refractivity contribution >= 4 is 0 Å². The van der Waals surface area contributed by atoms with Crippen molar-refractivity contribution < 1.29 is 4.74 Å². The number of rotatable bonds is 7. The van der Waals surface area contributed by atoms with Crippen LogP contribution in [-0.2, 0) is 4.74 Å². The van der Waals surface area contributed by atoms with Gasteiger partial charge in [0.15, 0.2) is 0 Å². The van der Waals surface area contributed by atoms with E-state index in [1.165, 1.54) is 44.9 Å². The molecule has 1 rings (SSSR count). The Morgan fingerprint density at radius 1 is 1.20 bits per heavy atom. The van der Waals surface area contributed by atoms with Gasteiger partial charge in [0.2, 0.25) is 0 Å². The van der Waals surface area contributed by atoms with Crippen LogP contribution in [0.15, 0.2) is 0 Å². The fraction of sp³-hybridized carbons (Fsp3) is 1.00. The van der Waals surface area contributed by atoms with E-state index in [9.17, 15) is 0 Å². The van der Waals surface area contributed by atoms with Crippen LogP contribution in [0.1, 0.15) is 58.8 Å². The maximum Gasteiger partial charge on any atom is 0.0603 e. The van der Waals surface area contributed by atoms with Gasteiger partial charge < -0.3 is 10.1 Å². The summed E-state index contributed by atoms with van der Waals surface area (Å²) in [5.41, 5.74) is 0. The molecule has 0 saturated carbocycles. The maximum absolute atomic E-state index is 6.03. The van der Waals surface area contributed by atoms with Crippen LogP contribution in [0.25, 0.3) is 0 Å². The van der Waals surface area contributed by atoms with Crippen molar-refractivity contribution in [3.05, 3.63) is 0 Å². The molecule has 0 aromatic rings. The molecule has 2 nitrogen and oxygen atoms in total. The first-order valence-electron chi connectivity index (χ1n) is 6.69. The van der Waals surface area contributed by atoms with Crippen LogP contribution >= 0.6 is 0 Å². The summed E-state index contributed by atoms with van der Waals surface area (Å²) in [5, 5.41) is 3.37. The molecule has 0 aliphatic carbocycles. The Morgan fingerprint density at radius 2 is 1.93 bits per heavy atom. The number of hydrogen-bond donors (Lipinski definition) is 1. The Bertz CT molecular complexity index is 143. The number of nitrogens with one attached hydrogen (secondary N) is 1. The Morgan fingerprint density at radius 3 is 2.60 bits per heavy atom. The van der Waals surface area contributed by atoms with E-state index in [4.69, 9.17) is 4.74 Å². The van der Waals surface area contributed by atoms with Crippen LogP contribution in [0, 0.1) is 0 Å². The van der Waals surface area contributed by atoms with Crippen molar-refractivity contribution in [1.82, 2.24) is 5.32 Å². The minimum atomic E-state index is 0.463. The quantitative estimate of drug-likeness (QED) is 0.656. The molecule has 0 spiro atoms. The molecule has 1 heterocycles. The summed E-state index contributed by atoms with van der Waals surface area (Å²) < 4.78 is 6.03. The molecule has 1 aliphatic rings. The lowest BCUT2D eigenvalue weighted by molar-refractivity contribution is -0.0216. The van der Waals surface area contributed by atoms with E-state index in [2.05, 4.69) is 19.2 Å². The fourth-order valence-corrected chi connectivity index (χ4v) is 2.19. The molecule has 90 valence electrons. The fourth-order valence-electron chi connectivity index (χ4n) is 2.19. The summed E-state index contributed by atoms with van der Waals surface area (Å²) in [6, 6.07) is 0. The molecular weight excluding hydrogens is 186 g/mol. The predicted octanol–water partition coefficient (Wildman–Crippen LogP) is 3.11. The number of ether oxygens (including phenoxy) is 1. The Hall–Kier alpha value is -0.0800. The molecule has 15 heavy (non-hydrogen) atoms. The van der Waals surface area contributed by atoms with Crippen molar-refractivity contribution in [3.63, 3.8) is 0 Å². The first kappa shape index (κ1) is 13.0. The van der Waals surface area contributed by atoms with Gasteiger partial charge in [-0.3, -0.25) is 0 Å². The Labute approximate surface area is 94.8 Å². The van der Waals surface area contributed by atoms with Gasteiger partial charge >= 0.3 is 0 Å². The minimum Gasteiger partial charge on any atom is -0.375 e. The second kappa shape index (κ2) is 8.12. The standard InChI is InChI=1S/C13H27NO/c1-3-4-5-6-7-12(2)15-13-8-10-14-11-9-13/h12-14H,3-11H2,1-2H3. The van der Waals surface area contributed by atoms with E-state index in [1.807, 2.05) is 0 Å². The van der Waals surface area contributed by atoms with Crippen LogP contribution in [0.2, 0.25) is 0 Å². The van der Waals surface area contributed by atoms with Crippen molar-refractivity contribution in [1.29, 1.82) is 0 Å². The molecule has 1 aliphatic heterocycles. The topological polar surface area (TPSA) is 21.3 Å². The highest BCUT2D eigenvalue weighted by Gasteiger charge is 2.15. The van der Waals surface area contributed by atoms with Gasteiger partial charge in [-0.25, -0.2) is 0 Å². The zero-order valence-corrected chi connectivity index (χ0v) is 10.4. The number of hydrogen-bond acceptors (Lipinski definition) is 2. The van der Waals surface area contributed by atoms with Crippen molar-refractivity contribution in [2.75, 3.05) is 13.1 Å². The lowest BCUT2D eigenvalue weighted by Gasteiger charge is -2.26. The molecule has 0 bridgehead atoms. The van der Waals surface area contributed by atoms with E-state index in [0.29, 0.717) is 12.2 Å². The summed E-state index contributed by atoms with van der Waals surface area (Å²) in [5.74, 6) is 0. The van der Waals surface area contributed by atoms with Crippen LogP contribution in [0.3, 0.4) is 0 Å². The second-order valence-electron chi connectivity index (χ2n) is 4.75. The van der Waals surface area contributed by atoms with E-state index in [-0.39, 0.29) is 0 Å². The van der Waals surface area contributed by atoms with Crippen molar-refractivity contribution in [2.45, 2.75) is 71.0 Å². The van der Waals surface area contributed by atoms with Crippen LogP contribution < -0.4 is 5.32 Å². The third kappa shape index (κ3) is 6.16. The van der Waals surface area contributed by atoms with Gasteiger partial charge in [-0.2, -0.15) is 0 Å². The first-order valence-corrected chi connectivity index (χ1v) is 6.69. The average molecular weight is 213 g/mol. The van der Waals surface area contributed by atoms with Crippen LogP contribution in [0.5, 0.6) is 0 Å². The summed E-state index contributed by atoms with van der Waals surface area (Å²) in [4.78, 5) is 0. The molecule has 1 N–H and O–H groups in total. The largest absolute Gasteiger partial charge is 0.375 e. The van der Waals surface area contributed by atoms with Gasteiger partial charge in [0.1, 0.15) is 0 Å². The van der Waals surface area contributed by atoms with Gasteiger partial charge in [-0.05, 0) is 39.3 Å². The van der Waals surface area contributed by atoms with Gasteiger partial charge in [-0.15, -0.1) is 0 Å².